The summed E-state index contributed by atoms with van der Waals surface area (Å²) in [5.74, 6) is -0.0848. The Morgan fingerprint density at radius 1 is 1.07 bits per heavy atom. The van der Waals surface area contributed by atoms with E-state index < -0.39 is 7.12 Å². The molecule has 1 aliphatic heterocycles. The zero-order chi connectivity index (χ0) is 10.7. The zero-order valence-corrected chi connectivity index (χ0v) is 9.35. The van der Waals surface area contributed by atoms with Gasteiger partial charge in [0.1, 0.15) is 0 Å². The third kappa shape index (κ3) is 2.95. The van der Waals surface area contributed by atoms with Gasteiger partial charge in [-0.05, 0) is 14.0 Å². The third-order valence-corrected chi connectivity index (χ3v) is 3.35. The molecule has 1 rings (SSSR count). The fourth-order valence-electron chi connectivity index (χ4n) is 1.81. The highest BCUT2D eigenvalue weighted by molar-refractivity contribution is 6.43. The van der Waals surface area contributed by atoms with Crippen molar-refractivity contribution in [3.8, 4) is 0 Å². The van der Waals surface area contributed by atoms with Crippen LogP contribution in [-0.4, -0.2) is 66.2 Å². The monoisotopic (exact) mass is 200 g/mol. The predicted molar refractivity (Wildman–Crippen MR) is 58.1 cm³/mol. The lowest BCUT2D eigenvalue weighted by Crippen LogP contribution is -2.50. The minimum absolute atomic E-state index is 0.0848. The molecular formula is C9H21BN2O2. The van der Waals surface area contributed by atoms with Crippen LogP contribution in [0.2, 0.25) is 5.82 Å². The minimum atomic E-state index is -1.20. The van der Waals surface area contributed by atoms with Gasteiger partial charge in [-0.15, -0.1) is 0 Å². The second kappa shape index (κ2) is 5.12. The van der Waals surface area contributed by atoms with Crippen LogP contribution in [0.15, 0.2) is 0 Å². The van der Waals surface area contributed by atoms with E-state index in [1.165, 1.54) is 0 Å². The Hall–Kier alpha value is -0.0951. The summed E-state index contributed by atoms with van der Waals surface area (Å²) in [4.78, 5) is 4.62. The van der Waals surface area contributed by atoms with Crippen LogP contribution in [-0.2, 0) is 0 Å². The molecule has 2 atom stereocenters. The number of likely N-dealkylation sites (N-methyl/N-ethyl adjacent to an activating group) is 1. The predicted octanol–water partition coefficient (Wildman–Crippen LogP) is -0.515. The highest BCUT2D eigenvalue weighted by Crippen LogP contribution is 2.18. The van der Waals surface area contributed by atoms with Crippen LogP contribution < -0.4 is 0 Å². The van der Waals surface area contributed by atoms with Gasteiger partial charge in [0.25, 0.3) is 0 Å². The lowest BCUT2D eigenvalue weighted by atomic mass is 9.69. The van der Waals surface area contributed by atoms with E-state index in [0.717, 1.165) is 26.2 Å². The number of hydrogen-bond acceptors (Lipinski definition) is 4. The third-order valence-electron chi connectivity index (χ3n) is 3.35. The molecule has 0 radical (unpaired) electrons. The molecule has 2 N–H and O–H groups in total. The van der Waals surface area contributed by atoms with Crippen LogP contribution in [0.3, 0.4) is 0 Å². The topological polar surface area (TPSA) is 46.9 Å². The van der Waals surface area contributed by atoms with E-state index in [0.29, 0.717) is 0 Å². The van der Waals surface area contributed by atoms with E-state index >= 15 is 0 Å². The van der Waals surface area contributed by atoms with Crippen molar-refractivity contribution in [1.29, 1.82) is 0 Å². The first-order valence-electron chi connectivity index (χ1n) is 5.31. The molecule has 0 aromatic heterocycles. The molecule has 0 saturated carbocycles. The summed E-state index contributed by atoms with van der Waals surface area (Å²) in [7, 11) is 0.913. The molecule has 4 nitrogen and oxygen atoms in total. The van der Waals surface area contributed by atoms with Gasteiger partial charge in [-0.2, -0.15) is 0 Å². The lowest BCUT2D eigenvalue weighted by molar-refractivity contribution is 0.112. The normalized spacial score (nSPS) is 24.6. The van der Waals surface area contributed by atoms with Crippen molar-refractivity contribution in [2.45, 2.75) is 25.7 Å². The van der Waals surface area contributed by atoms with Crippen LogP contribution in [0, 0.1) is 0 Å². The lowest BCUT2D eigenvalue weighted by Gasteiger charge is -2.38. The van der Waals surface area contributed by atoms with Gasteiger partial charge in [0.15, 0.2) is 0 Å². The molecule has 0 spiro atoms. The maximum Gasteiger partial charge on any atom is 0.456 e. The molecule has 0 amide bonds. The first kappa shape index (κ1) is 12.0. The van der Waals surface area contributed by atoms with E-state index in [1.807, 2.05) is 6.92 Å². The molecule has 5 heteroatoms. The summed E-state index contributed by atoms with van der Waals surface area (Å²) in [5, 5.41) is 18.2. The van der Waals surface area contributed by atoms with E-state index in [9.17, 15) is 0 Å². The molecule has 14 heavy (non-hydrogen) atoms. The summed E-state index contributed by atoms with van der Waals surface area (Å²) in [6.45, 7) is 8.13. The van der Waals surface area contributed by atoms with E-state index in [4.69, 9.17) is 10.0 Å². The Labute approximate surface area is 86.7 Å². The Balaban J connectivity index is 2.41. The van der Waals surface area contributed by atoms with E-state index in [2.05, 4.69) is 23.8 Å². The van der Waals surface area contributed by atoms with Crippen molar-refractivity contribution in [3.63, 3.8) is 0 Å². The molecule has 1 unspecified atom stereocenters. The van der Waals surface area contributed by atoms with Gasteiger partial charge in [-0.25, -0.2) is 0 Å². The van der Waals surface area contributed by atoms with Crippen LogP contribution in [0.5, 0.6) is 0 Å². The SMILES string of the molecule is CC([C@H](C)B(O)O)N1CCN(C)CC1. The smallest absolute Gasteiger partial charge is 0.427 e. The molecular weight excluding hydrogens is 179 g/mol. The summed E-state index contributed by atoms with van der Waals surface area (Å²) in [6, 6.07) is 0.240. The average Bonchev–Trinajstić information content (AvgIpc) is 2.16. The number of rotatable bonds is 3. The van der Waals surface area contributed by atoms with Crippen molar-refractivity contribution >= 4 is 7.12 Å². The van der Waals surface area contributed by atoms with Crippen molar-refractivity contribution in [1.82, 2.24) is 9.80 Å². The standard InChI is InChI=1S/C9H21BN2O2/c1-8(10(13)14)9(2)12-6-4-11(3)5-7-12/h8-9,13-14H,4-7H2,1-3H3/t8-,9?/m0/s1. The Morgan fingerprint density at radius 2 is 1.57 bits per heavy atom. The van der Waals surface area contributed by atoms with Crippen molar-refractivity contribution in [2.75, 3.05) is 33.2 Å². The maximum atomic E-state index is 9.09. The Kier molecular flexibility index (Phi) is 4.38. The molecule has 0 aromatic carbocycles. The summed E-state index contributed by atoms with van der Waals surface area (Å²) in [5.41, 5.74) is 0. The molecule has 1 aliphatic rings. The van der Waals surface area contributed by atoms with Crippen LogP contribution >= 0.6 is 0 Å². The fraction of sp³-hybridized carbons (Fsp3) is 1.00. The zero-order valence-electron chi connectivity index (χ0n) is 9.35. The number of hydrogen-bond donors (Lipinski definition) is 2. The fourth-order valence-corrected chi connectivity index (χ4v) is 1.81. The van der Waals surface area contributed by atoms with E-state index in [-0.39, 0.29) is 11.9 Å². The molecule has 1 heterocycles. The molecule has 0 aliphatic carbocycles. The second-order valence-electron chi connectivity index (χ2n) is 4.35. The van der Waals surface area contributed by atoms with Gasteiger partial charge in [0, 0.05) is 38.0 Å². The average molecular weight is 200 g/mol. The highest BCUT2D eigenvalue weighted by Gasteiger charge is 2.29. The van der Waals surface area contributed by atoms with Gasteiger partial charge < -0.3 is 14.9 Å². The van der Waals surface area contributed by atoms with Gasteiger partial charge in [-0.1, -0.05) is 6.92 Å². The minimum Gasteiger partial charge on any atom is -0.427 e. The second-order valence-corrected chi connectivity index (χ2v) is 4.35. The maximum absolute atomic E-state index is 9.09. The van der Waals surface area contributed by atoms with Crippen LogP contribution in [0.25, 0.3) is 0 Å². The Morgan fingerprint density at radius 3 is 2.00 bits per heavy atom. The van der Waals surface area contributed by atoms with Gasteiger partial charge in [-0.3, -0.25) is 4.90 Å². The number of piperazine rings is 1. The van der Waals surface area contributed by atoms with Crippen molar-refractivity contribution < 1.29 is 10.0 Å². The molecule has 0 aromatic rings. The summed E-state index contributed by atoms with van der Waals surface area (Å²) in [6.07, 6.45) is 0. The molecule has 0 bridgehead atoms. The quantitative estimate of drug-likeness (QED) is 0.602. The van der Waals surface area contributed by atoms with Crippen LogP contribution in [0.4, 0.5) is 0 Å². The number of nitrogens with zero attached hydrogens (tertiary/aromatic N) is 2. The van der Waals surface area contributed by atoms with Crippen molar-refractivity contribution in [2.24, 2.45) is 0 Å². The molecule has 82 valence electrons. The van der Waals surface area contributed by atoms with Gasteiger partial charge in [0.2, 0.25) is 0 Å². The van der Waals surface area contributed by atoms with Crippen LogP contribution in [0.1, 0.15) is 13.8 Å². The summed E-state index contributed by atoms with van der Waals surface area (Å²) >= 11 is 0. The first-order chi connectivity index (χ1) is 6.52. The largest absolute Gasteiger partial charge is 0.456 e. The Bertz CT molecular complexity index is 172. The van der Waals surface area contributed by atoms with E-state index in [1.54, 1.807) is 0 Å². The van der Waals surface area contributed by atoms with Gasteiger partial charge in [0.05, 0.1) is 0 Å². The first-order valence-corrected chi connectivity index (χ1v) is 5.31. The highest BCUT2D eigenvalue weighted by atomic mass is 16.4. The van der Waals surface area contributed by atoms with Crippen molar-refractivity contribution in [3.05, 3.63) is 0 Å². The molecule has 1 saturated heterocycles. The van der Waals surface area contributed by atoms with Gasteiger partial charge >= 0.3 is 7.12 Å². The summed E-state index contributed by atoms with van der Waals surface area (Å²) < 4.78 is 0. The molecule has 1 fully saturated rings.